The van der Waals surface area contributed by atoms with Crippen molar-refractivity contribution in [2.45, 2.75) is 6.54 Å². The molecule has 0 spiro atoms. The van der Waals surface area contributed by atoms with Gasteiger partial charge in [0, 0.05) is 19.2 Å². The van der Waals surface area contributed by atoms with Crippen LogP contribution in [0.1, 0.15) is 11.1 Å². The molecule has 2 rings (SSSR count). The highest BCUT2D eigenvalue weighted by Gasteiger charge is 2.10. The van der Waals surface area contributed by atoms with E-state index in [9.17, 15) is 8.78 Å². The first-order valence-corrected chi connectivity index (χ1v) is 6.43. The number of nitrogens with two attached hydrogens (primary N) is 1. The summed E-state index contributed by atoms with van der Waals surface area (Å²) < 4.78 is 27.1. The molecule has 2 aromatic rings. The maximum absolute atomic E-state index is 14.0. The van der Waals surface area contributed by atoms with Crippen LogP contribution in [0.25, 0.3) is 0 Å². The first-order valence-electron chi connectivity index (χ1n) is 6.02. The van der Waals surface area contributed by atoms with Gasteiger partial charge >= 0.3 is 0 Å². The molecule has 0 radical (unpaired) electrons. The second kappa shape index (κ2) is 5.96. The third kappa shape index (κ3) is 3.30. The normalized spacial score (nSPS) is 10.3. The first-order chi connectivity index (χ1) is 9.47. The molecule has 104 valence electrons. The third-order valence-electron chi connectivity index (χ3n) is 2.95. The van der Waals surface area contributed by atoms with Gasteiger partial charge < -0.3 is 10.6 Å². The number of hydrogen-bond donors (Lipinski definition) is 1. The predicted molar refractivity (Wildman–Crippen MR) is 80.8 cm³/mol. The zero-order valence-corrected chi connectivity index (χ0v) is 11.8. The summed E-state index contributed by atoms with van der Waals surface area (Å²) in [5.74, 6) is -0.714. The van der Waals surface area contributed by atoms with Gasteiger partial charge in [0.15, 0.2) is 0 Å². The van der Waals surface area contributed by atoms with Gasteiger partial charge in [-0.1, -0.05) is 24.4 Å². The maximum Gasteiger partial charge on any atom is 0.147 e. The van der Waals surface area contributed by atoms with E-state index in [4.69, 9.17) is 18.0 Å². The van der Waals surface area contributed by atoms with Crippen LogP contribution in [0.4, 0.5) is 14.5 Å². The molecular weight excluding hydrogens is 278 g/mol. The van der Waals surface area contributed by atoms with E-state index in [1.165, 1.54) is 18.2 Å². The smallest absolute Gasteiger partial charge is 0.147 e. The minimum absolute atomic E-state index is 0.156. The van der Waals surface area contributed by atoms with E-state index in [1.807, 2.05) is 0 Å². The molecule has 2 aromatic carbocycles. The highest BCUT2D eigenvalue weighted by atomic mass is 32.1. The average molecular weight is 292 g/mol. The fraction of sp³-hybridized carbons (Fsp3) is 0.133. The Labute approximate surface area is 121 Å². The summed E-state index contributed by atoms with van der Waals surface area (Å²) in [4.78, 5) is 1.86. The summed E-state index contributed by atoms with van der Waals surface area (Å²) in [6.07, 6.45) is 0. The van der Waals surface area contributed by atoms with Crippen LogP contribution >= 0.6 is 12.2 Å². The van der Waals surface area contributed by atoms with Crippen molar-refractivity contribution >= 4 is 22.9 Å². The van der Waals surface area contributed by atoms with Gasteiger partial charge in [0.1, 0.15) is 16.6 Å². The van der Waals surface area contributed by atoms with Crippen LogP contribution in [-0.4, -0.2) is 12.0 Å². The summed E-state index contributed by atoms with van der Waals surface area (Å²) in [5.41, 5.74) is 7.13. The quantitative estimate of drug-likeness (QED) is 0.877. The van der Waals surface area contributed by atoms with Crippen LogP contribution in [0.15, 0.2) is 42.5 Å². The molecule has 0 bridgehead atoms. The van der Waals surface area contributed by atoms with Crippen molar-refractivity contribution < 1.29 is 8.78 Å². The topological polar surface area (TPSA) is 29.3 Å². The van der Waals surface area contributed by atoms with Gasteiger partial charge in [0.25, 0.3) is 0 Å². The Balaban J connectivity index is 2.21. The number of anilines is 1. The molecule has 0 saturated heterocycles. The Morgan fingerprint density at radius 3 is 2.55 bits per heavy atom. The van der Waals surface area contributed by atoms with Crippen LogP contribution in [0, 0.1) is 11.6 Å². The fourth-order valence-electron chi connectivity index (χ4n) is 1.96. The van der Waals surface area contributed by atoms with Crippen molar-refractivity contribution in [1.29, 1.82) is 0 Å². The molecule has 0 fully saturated rings. The molecule has 0 aliphatic carbocycles. The second-order valence-electron chi connectivity index (χ2n) is 4.52. The Morgan fingerprint density at radius 2 is 1.95 bits per heavy atom. The van der Waals surface area contributed by atoms with E-state index in [0.717, 1.165) is 5.56 Å². The highest BCUT2D eigenvalue weighted by molar-refractivity contribution is 7.80. The summed E-state index contributed by atoms with van der Waals surface area (Å²) in [6, 6.07) is 10.8. The molecule has 0 saturated carbocycles. The van der Waals surface area contributed by atoms with E-state index in [0.29, 0.717) is 17.8 Å². The van der Waals surface area contributed by atoms with Gasteiger partial charge in [-0.3, -0.25) is 0 Å². The van der Waals surface area contributed by atoms with Crippen LogP contribution in [-0.2, 0) is 6.54 Å². The summed E-state index contributed by atoms with van der Waals surface area (Å²) >= 11 is 4.81. The molecule has 5 heteroatoms. The molecular formula is C15H14F2N2S. The van der Waals surface area contributed by atoms with Gasteiger partial charge in [-0.25, -0.2) is 8.78 Å². The van der Waals surface area contributed by atoms with Crippen molar-refractivity contribution in [3.63, 3.8) is 0 Å². The van der Waals surface area contributed by atoms with Gasteiger partial charge in [0.2, 0.25) is 0 Å². The highest BCUT2D eigenvalue weighted by Crippen LogP contribution is 2.21. The number of halogens is 2. The second-order valence-corrected chi connectivity index (χ2v) is 4.96. The molecule has 0 unspecified atom stereocenters. The van der Waals surface area contributed by atoms with Gasteiger partial charge in [-0.15, -0.1) is 0 Å². The monoisotopic (exact) mass is 292 g/mol. The molecule has 20 heavy (non-hydrogen) atoms. The Hall–Kier alpha value is -2.01. The van der Waals surface area contributed by atoms with Crippen molar-refractivity contribution in [3.8, 4) is 0 Å². The Kier molecular flexibility index (Phi) is 4.29. The van der Waals surface area contributed by atoms with Gasteiger partial charge in [-0.2, -0.15) is 0 Å². The average Bonchev–Trinajstić information content (AvgIpc) is 2.38. The minimum atomic E-state index is -0.408. The molecule has 0 aliphatic rings. The van der Waals surface area contributed by atoms with Crippen LogP contribution < -0.4 is 10.6 Å². The zero-order valence-electron chi connectivity index (χ0n) is 10.9. The third-order valence-corrected chi connectivity index (χ3v) is 3.19. The van der Waals surface area contributed by atoms with E-state index < -0.39 is 5.82 Å². The summed E-state index contributed by atoms with van der Waals surface area (Å²) in [5, 5.41) is 0. The van der Waals surface area contributed by atoms with E-state index >= 15 is 0 Å². The number of thiocarbonyl (C=S) groups is 1. The van der Waals surface area contributed by atoms with Crippen LogP contribution in [0.2, 0.25) is 0 Å². The Morgan fingerprint density at radius 1 is 1.20 bits per heavy atom. The van der Waals surface area contributed by atoms with Gasteiger partial charge in [-0.05, 0) is 35.9 Å². The SMILES string of the molecule is CN(Cc1cccc(F)c1)c1ccc(C(N)=S)cc1F. The molecule has 2 nitrogen and oxygen atoms in total. The van der Waals surface area contributed by atoms with E-state index in [2.05, 4.69) is 0 Å². The predicted octanol–water partition coefficient (Wildman–Crippen LogP) is 3.24. The van der Waals surface area contributed by atoms with E-state index in [1.54, 1.807) is 36.2 Å². The molecule has 0 heterocycles. The molecule has 0 aliphatic heterocycles. The lowest BCUT2D eigenvalue weighted by Crippen LogP contribution is -2.18. The zero-order chi connectivity index (χ0) is 14.7. The van der Waals surface area contributed by atoms with Crippen molar-refractivity contribution in [2.75, 3.05) is 11.9 Å². The number of rotatable bonds is 4. The van der Waals surface area contributed by atoms with Gasteiger partial charge in [0.05, 0.1) is 5.69 Å². The minimum Gasteiger partial charge on any atom is -0.389 e. The van der Waals surface area contributed by atoms with Crippen LogP contribution in [0.5, 0.6) is 0 Å². The summed E-state index contributed by atoms with van der Waals surface area (Å²) in [6.45, 7) is 0.404. The lowest BCUT2D eigenvalue weighted by molar-refractivity contribution is 0.619. The largest absolute Gasteiger partial charge is 0.389 e. The number of hydrogen-bond acceptors (Lipinski definition) is 2. The lowest BCUT2D eigenvalue weighted by atomic mass is 10.1. The fourth-order valence-corrected chi connectivity index (χ4v) is 2.09. The van der Waals surface area contributed by atoms with Crippen LogP contribution in [0.3, 0.4) is 0 Å². The number of nitrogens with zero attached hydrogens (tertiary/aromatic N) is 1. The molecule has 0 amide bonds. The molecule has 0 aromatic heterocycles. The number of benzene rings is 2. The van der Waals surface area contributed by atoms with Crippen molar-refractivity contribution in [3.05, 3.63) is 65.2 Å². The first kappa shape index (κ1) is 14.4. The van der Waals surface area contributed by atoms with Crippen molar-refractivity contribution in [2.24, 2.45) is 5.73 Å². The maximum atomic E-state index is 14.0. The Bertz CT molecular complexity index is 644. The molecule has 0 atom stereocenters. The van der Waals surface area contributed by atoms with E-state index in [-0.39, 0.29) is 10.8 Å². The lowest BCUT2D eigenvalue weighted by Gasteiger charge is -2.20. The standard InChI is InChI=1S/C15H14F2N2S/c1-19(9-10-3-2-4-12(16)7-10)14-6-5-11(15(18)20)8-13(14)17/h2-8H,9H2,1H3,(H2,18,20). The van der Waals surface area contributed by atoms with Crippen molar-refractivity contribution in [1.82, 2.24) is 0 Å². The molecule has 2 N–H and O–H groups in total. The summed E-state index contributed by atoms with van der Waals surface area (Å²) in [7, 11) is 1.74.